The molecule has 0 heterocycles. The highest BCUT2D eigenvalue weighted by Gasteiger charge is 2.08. The van der Waals surface area contributed by atoms with E-state index in [1.807, 2.05) is 55.5 Å². The van der Waals surface area contributed by atoms with Crippen LogP contribution in [0.25, 0.3) is 0 Å². The number of hydrogen-bond donors (Lipinski definition) is 1. The first-order chi connectivity index (χ1) is 10.6. The predicted octanol–water partition coefficient (Wildman–Crippen LogP) is 2.88. The van der Waals surface area contributed by atoms with E-state index in [2.05, 4.69) is 0 Å². The number of hydrogen-bond acceptors (Lipinski definition) is 3. The summed E-state index contributed by atoms with van der Waals surface area (Å²) in [7, 11) is 0. The summed E-state index contributed by atoms with van der Waals surface area (Å²) >= 11 is 0. The number of nitrogens with two attached hydrogens (primary N) is 1. The Labute approximate surface area is 131 Å². The minimum absolute atomic E-state index is 0.107. The van der Waals surface area contributed by atoms with Crippen LogP contribution in [0.2, 0.25) is 0 Å². The van der Waals surface area contributed by atoms with E-state index in [9.17, 15) is 9.59 Å². The first-order valence-corrected chi connectivity index (χ1v) is 7.48. The van der Waals surface area contributed by atoms with E-state index >= 15 is 0 Å². The van der Waals surface area contributed by atoms with Crippen LogP contribution in [0, 0.1) is 6.92 Å². The van der Waals surface area contributed by atoms with Gasteiger partial charge in [0.05, 0.1) is 0 Å². The largest absolute Gasteiger partial charge is 0.330 e. The highest BCUT2D eigenvalue weighted by atomic mass is 16.1. The monoisotopic (exact) mass is 295 g/mol. The van der Waals surface area contributed by atoms with E-state index in [0.29, 0.717) is 25.8 Å². The van der Waals surface area contributed by atoms with Crippen molar-refractivity contribution in [2.75, 3.05) is 6.54 Å². The fourth-order valence-corrected chi connectivity index (χ4v) is 2.36. The molecule has 114 valence electrons. The number of Topliss-reactive ketones (excluding diaryl/α,β-unsaturated/α-hetero) is 2. The standard InChI is InChI=1S/C19H21NO2/c1-14-3-2-4-17(11-14)19(22)13-16-7-5-15(6-8-16)12-18(21)9-10-20/h2-8,11H,9-10,12-13,20H2,1H3. The van der Waals surface area contributed by atoms with Gasteiger partial charge in [0.1, 0.15) is 5.78 Å². The van der Waals surface area contributed by atoms with Crippen molar-refractivity contribution < 1.29 is 9.59 Å². The molecule has 0 atom stereocenters. The molecule has 3 heteroatoms. The van der Waals surface area contributed by atoms with Crippen molar-refractivity contribution in [2.24, 2.45) is 5.73 Å². The molecule has 0 aliphatic rings. The molecule has 2 N–H and O–H groups in total. The molecule has 0 amide bonds. The minimum Gasteiger partial charge on any atom is -0.330 e. The lowest BCUT2D eigenvalue weighted by Gasteiger charge is -2.05. The van der Waals surface area contributed by atoms with Gasteiger partial charge in [0, 0.05) is 24.8 Å². The third-order valence-corrected chi connectivity index (χ3v) is 3.55. The van der Waals surface area contributed by atoms with Gasteiger partial charge in [-0.15, -0.1) is 0 Å². The molecule has 0 spiro atoms. The van der Waals surface area contributed by atoms with Crippen LogP contribution in [-0.2, 0) is 17.6 Å². The molecule has 0 unspecified atom stereocenters. The third kappa shape index (κ3) is 4.64. The van der Waals surface area contributed by atoms with Crippen molar-refractivity contribution in [3.63, 3.8) is 0 Å². The van der Waals surface area contributed by atoms with Gasteiger partial charge < -0.3 is 5.73 Å². The van der Waals surface area contributed by atoms with E-state index in [1.54, 1.807) is 0 Å². The fourth-order valence-electron chi connectivity index (χ4n) is 2.36. The van der Waals surface area contributed by atoms with Crippen molar-refractivity contribution in [2.45, 2.75) is 26.2 Å². The van der Waals surface area contributed by atoms with Gasteiger partial charge in [-0.2, -0.15) is 0 Å². The van der Waals surface area contributed by atoms with Gasteiger partial charge in [-0.1, -0.05) is 48.0 Å². The number of carbonyl (C=O) groups is 2. The van der Waals surface area contributed by atoms with E-state index < -0.39 is 0 Å². The Morgan fingerprint density at radius 3 is 2.18 bits per heavy atom. The maximum atomic E-state index is 12.2. The first-order valence-electron chi connectivity index (χ1n) is 7.48. The molecule has 2 aromatic carbocycles. The van der Waals surface area contributed by atoms with Crippen LogP contribution in [0.5, 0.6) is 0 Å². The molecule has 0 saturated heterocycles. The molecule has 0 radical (unpaired) electrons. The molecule has 22 heavy (non-hydrogen) atoms. The zero-order valence-corrected chi connectivity index (χ0v) is 12.8. The highest BCUT2D eigenvalue weighted by Crippen LogP contribution is 2.11. The Bertz CT molecular complexity index is 659. The van der Waals surface area contributed by atoms with Crippen LogP contribution < -0.4 is 5.73 Å². The molecule has 0 fully saturated rings. The van der Waals surface area contributed by atoms with Crippen molar-refractivity contribution in [3.8, 4) is 0 Å². The average Bonchev–Trinajstić information content (AvgIpc) is 2.49. The molecule has 2 rings (SSSR count). The van der Waals surface area contributed by atoms with E-state index in [1.165, 1.54) is 0 Å². The van der Waals surface area contributed by atoms with Gasteiger partial charge in [-0.3, -0.25) is 9.59 Å². The zero-order valence-electron chi connectivity index (χ0n) is 12.8. The number of ketones is 2. The van der Waals surface area contributed by atoms with Crippen LogP contribution in [0.3, 0.4) is 0 Å². The molecule has 0 aliphatic carbocycles. The van der Waals surface area contributed by atoms with Crippen LogP contribution >= 0.6 is 0 Å². The summed E-state index contributed by atoms with van der Waals surface area (Å²) in [5.74, 6) is 0.252. The predicted molar refractivity (Wildman–Crippen MR) is 88.0 cm³/mol. The van der Waals surface area contributed by atoms with E-state index in [-0.39, 0.29) is 11.6 Å². The molecule has 0 aromatic heterocycles. The first kappa shape index (κ1) is 16.1. The Kier molecular flexibility index (Phi) is 5.61. The quantitative estimate of drug-likeness (QED) is 0.799. The lowest BCUT2D eigenvalue weighted by Crippen LogP contribution is -2.10. The van der Waals surface area contributed by atoms with Crippen LogP contribution in [0.4, 0.5) is 0 Å². The number of rotatable bonds is 7. The van der Waals surface area contributed by atoms with Gasteiger partial charge in [0.15, 0.2) is 5.78 Å². The van der Waals surface area contributed by atoms with Crippen molar-refractivity contribution in [1.29, 1.82) is 0 Å². The Balaban J connectivity index is 1.99. The molecular weight excluding hydrogens is 274 g/mol. The summed E-state index contributed by atoms with van der Waals surface area (Å²) in [6.07, 6.45) is 1.19. The summed E-state index contributed by atoms with van der Waals surface area (Å²) in [5, 5.41) is 0. The Morgan fingerprint density at radius 2 is 1.59 bits per heavy atom. The number of carbonyl (C=O) groups excluding carboxylic acids is 2. The lowest BCUT2D eigenvalue weighted by atomic mass is 9.99. The summed E-state index contributed by atoms with van der Waals surface area (Å²) in [4.78, 5) is 23.8. The summed E-state index contributed by atoms with van der Waals surface area (Å²) < 4.78 is 0. The average molecular weight is 295 g/mol. The maximum absolute atomic E-state index is 12.2. The normalized spacial score (nSPS) is 10.5. The maximum Gasteiger partial charge on any atom is 0.167 e. The number of benzene rings is 2. The van der Waals surface area contributed by atoms with Crippen LogP contribution in [-0.4, -0.2) is 18.1 Å². The summed E-state index contributed by atoms with van der Waals surface area (Å²) in [6, 6.07) is 15.3. The molecule has 0 bridgehead atoms. The molecule has 0 saturated carbocycles. The minimum atomic E-state index is 0.107. The third-order valence-electron chi connectivity index (χ3n) is 3.55. The van der Waals surface area contributed by atoms with E-state index in [0.717, 1.165) is 22.3 Å². The molecular formula is C19H21NO2. The molecule has 3 nitrogen and oxygen atoms in total. The van der Waals surface area contributed by atoms with Crippen molar-refractivity contribution in [1.82, 2.24) is 0 Å². The van der Waals surface area contributed by atoms with Gasteiger partial charge in [0.2, 0.25) is 0 Å². The highest BCUT2D eigenvalue weighted by molar-refractivity contribution is 5.97. The molecule has 0 aliphatic heterocycles. The fraction of sp³-hybridized carbons (Fsp3) is 0.263. The smallest absolute Gasteiger partial charge is 0.167 e. The second-order valence-corrected chi connectivity index (χ2v) is 5.54. The topological polar surface area (TPSA) is 60.2 Å². The van der Waals surface area contributed by atoms with Gasteiger partial charge in [0.25, 0.3) is 0 Å². The van der Waals surface area contributed by atoms with Gasteiger partial charge >= 0.3 is 0 Å². The zero-order chi connectivity index (χ0) is 15.9. The lowest BCUT2D eigenvalue weighted by molar-refractivity contribution is -0.118. The SMILES string of the molecule is Cc1cccc(C(=O)Cc2ccc(CC(=O)CCN)cc2)c1. The number of aryl methyl sites for hydroxylation is 1. The Morgan fingerprint density at radius 1 is 0.955 bits per heavy atom. The van der Waals surface area contributed by atoms with Gasteiger partial charge in [-0.25, -0.2) is 0 Å². The summed E-state index contributed by atoms with van der Waals surface area (Å²) in [6.45, 7) is 2.37. The van der Waals surface area contributed by atoms with Crippen molar-refractivity contribution >= 4 is 11.6 Å². The molecule has 2 aromatic rings. The van der Waals surface area contributed by atoms with Crippen LogP contribution in [0.1, 0.15) is 33.5 Å². The van der Waals surface area contributed by atoms with Crippen LogP contribution in [0.15, 0.2) is 48.5 Å². The second-order valence-electron chi connectivity index (χ2n) is 5.54. The van der Waals surface area contributed by atoms with Crippen molar-refractivity contribution in [3.05, 3.63) is 70.8 Å². The Hall–Kier alpha value is -2.26. The summed E-state index contributed by atoms with van der Waals surface area (Å²) in [5.41, 5.74) is 9.11. The van der Waals surface area contributed by atoms with E-state index in [4.69, 9.17) is 5.73 Å². The van der Waals surface area contributed by atoms with Gasteiger partial charge in [-0.05, 0) is 30.7 Å². The second kappa shape index (κ2) is 7.66.